The summed E-state index contributed by atoms with van der Waals surface area (Å²) >= 11 is 0. The lowest BCUT2D eigenvalue weighted by Crippen LogP contribution is -2.38. The average molecular weight is 509 g/mol. The topological polar surface area (TPSA) is 61.7 Å². The molecule has 0 saturated carbocycles. The zero-order valence-corrected chi connectivity index (χ0v) is 19.5. The Balaban J connectivity index is 0.00000300. The summed E-state index contributed by atoms with van der Waals surface area (Å²) in [4.78, 5) is 19.2. The summed E-state index contributed by atoms with van der Waals surface area (Å²) in [6.45, 7) is 6.92. The molecule has 0 radical (unpaired) electrons. The molecule has 2 aromatic rings. The van der Waals surface area contributed by atoms with Gasteiger partial charge in [0.25, 0.3) is 5.91 Å². The van der Waals surface area contributed by atoms with E-state index in [0.717, 1.165) is 62.7 Å². The number of piperidine rings is 1. The Labute approximate surface area is 190 Å². The van der Waals surface area contributed by atoms with Crippen LogP contribution in [-0.4, -0.2) is 47.5 Å². The van der Waals surface area contributed by atoms with Gasteiger partial charge in [0.05, 0.1) is 6.54 Å². The van der Waals surface area contributed by atoms with Crippen molar-refractivity contribution in [1.29, 1.82) is 0 Å². The molecule has 2 N–H and O–H groups in total. The molecule has 7 heteroatoms. The number of nitrogens with one attached hydrogen (secondary N) is 2. The number of likely N-dealkylation sites (tertiary alicyclic amines) is 1. The largest absolute Gasteiger partial charge is 0.357 e. The lowest BCUT2D eigenvalue weighted by Gasteiger charge is -2.26. The van der Waals surface area contributed by atoms with Crippen molar-refractivity contribution >= 4 is 35.8 Å². The fourth-order valence-corrected chi connectivity index (χ4v) is 3.37. The second-order valence-corrected chi connectivity index (χ2v) is 7.09. The molecular formula is C22H32IN5O. The van der Waals surface area contributed by atoms with E-state index < -0.39 is 0 Å². The van der Waals surface area contributed by atoms with E-state index in [-0.39, 0.29) is 29.9 Å². The van der Waals surface area contributed by atoms with Gasteiger partial charge in [-0.3, -0.25) is 4.79 Å². The van der Waals surface area contributed by atoms with Gasteiger partial charge in [0.15, 0.2) is 5.96 Å². The molecule has 1 amide bonds. The van der Waals surface area contributed by atoms with Gasteiger partial charge >= 0.3 is 0 Å². The van der Waals surface area contributed by atoms with Crippen molar-refractivity contribution in [2.24, 2.45) is 4.99 Å². The first-order chi connectivity index (χ1) is 13.8. The van der Waals surface area contributed by atoms with Crippen LogP contribution in [0.25, 0.3) is 0 Å². The monoisotopic (exact) mass is 509 g/mol. The maximum absolute atomic E-state index is 12.6. The van der Waals surface area contributed by atoms with E-state index in [2.05, 4.69) is 39.5 Å². The number of amides is 1. The number of halogens is 1. The van der Waals surface area contributed by atoms with Crippen LogP contribution in [0, 0.1) is 0 Å². The second kappa shape index (κ2) is 12.5. The van der Waals surface area contributed by atoms with Crippen molar-refractivity contribution < 1.29 is 4.79 Å². The van der Waals surface area contributed by atoms with Crippen molar-refractivity contribution in [1.82, 2.24) is 20.1 Å². The number of hydrogen-bond acceptors (Lipinski definition) is 2. The van der Waals surface area contributed by atoms with E-state index in [1.807, 2.05) is 41.3 Å². The van der Waals surface area contributed by atoms with Crippen LogP contribution in [0.15, 0.2) is 53.8 Å². The average Bonchev–Trinajstić information content (AvgIpc) is 3.26. The fraction of sp³-hybridized carbons (Fsp3) is 0.455. The number of guanidine groups is 1. The molecule has 29 heavy (non-hydrogen) atoms. The molecule has 3 rings (SSSR count). The van der Waals surface area contributed by atoms with Crippen molar-refractivity contribution in [3.05, 3.63) is 59.9 Å². The summed E-state index contributed by atoms with van der Waals surface area (Å²) in [6.07, 6.45) is 7.57. The first kappa shape index (κ1) is 23.3. The Kier molecular flexibility index (Phi) is 10.0. The van der Waals surface area contributed by atoms with Crippen LogP contribution >= 0.6 is 24.0 Å². The van der Waals surface area contributed by atoms with Gasteiger partial charge in [-0.05, 0) is 56.0 Å². The van der Waals surface area contributed by atoms with Gasteiger partial charge in [-0.25, -0.2) is 4.99 Å². The predicted octanol–water partition coefficient (Wildman–Crippen LogP) is 3.49. The van der Waals surface area contributed by atoms with Crippen molar-refractivity contribution in [2.45, 2.75) is 39.3 Å². The summed E-state index contributed by atoms with van der Waals surface area (Å²) in [6, 6.07) is 11.9. The molecule has 1 saturated heterocycles. The highest BCUT2D eigenvalue weighted by molar-refractivity contribution is 14.0. The van der Waals surface area contributed by atoms with Crippen molar-refractivity contribution in [3.63, 3.8) is 0 Å². The van der Waals surface area contributed by atoms with Crippen LogP contribution in [0.2, 0.25) is 0 Å². The van der Waals surface area contributed by atoms with E-state index >= 15 is 0 Å². The van der Waals surface area contributed by atoms with Crippen LogP contribution in [0.5, 0.6) is 0 Å². The molecule has 2 heterocycles. The molecular weight excluding hydrogens is 477 g/mol. The van der Waals surface area contributed by atoms with E-state index in [9.17, 15) is 4.79 Å². The van der Waals surface area contributed by atoms with Gasteiger partial charge in [0.2, 0.25) is 0 Å². The summed E-state index contributed by atoms with van der Waals surface area (Å²) in [5.74, 6) is 0.956. The van der Waals surface area contributed by atoms with Crippen LogP contribution in [-0.2, 0) is 13.1 Å². The zero-order valence-electron chi connectivity index (χ0n) is 17.1. The van der Waals surface area contributed by atoms with E-state index in [1.54, 1.807) is 0 Å². The van der Waals surface area contributed by atoms with Gasteiger partial charge in [-0.2, -0.15) is 0 Å². The molecule has 1 aliphatic rings. The molecule has 1 aromatic carbocycles. The minimum absolute atomic E-state index is 0. The van der Waals surface area contributed by atoms with Crippen LogP contribution in [0.3, 0.4) is 0 Å². The Morgan fingerprint density at radius 3 is 2.38 bits per heavy atom. The molecule has 0 unspecified atom stereocenters. The van der Waals surface area contributed by atoms with E-state index in [1.165, 1.54) is 6.42 Å². The quantitative estimate of drug-likeness (QED) is 0.342. The first-order valence-electron chi connectivity index (χ1n) is 10.3. The standard InChI is InChI=1S/C22H31N5O.HI/c1-2-23-22(24-12-17-26-13-6-7-14-26)25-18-19-8-10-20(11-9-19)21(28)27-15-4-3-5-16-27;/h6-11,13-14H,2-5,12,15-18H2,1H3,(H2,23,24,25);1H. The smallest absolute Gasteiger partial charge is 0.253 e. The highest BCUT2D eigenvalue weighted by Crippen LogP contribution is 2.14. The number of carbonyl (C=O) groups excluding carboxylic acids is 1. The van der Waals surface area contributed by atoms with Gasteiger partial charge in [-0.1, -0.05) is 12.1 Å². The van der Waals surface area contributed by atoms with Gasteiger partial charge < -0.3 is 20.1 Å². The maximum Gasteiger partial charge on any atom is 0.253 e. The second-order valence-electron chi connectivity index (χ2n) is 7.09. The SMILES string of the molecule is CCNC(=NCc1ccc(C(=O)N2CCCCC2)cc1)NCCn1cccc1.I. The molecule has 1 aromatic heterocycles. The van der Waals surface area contributed by atoms with Gasteiger partial charge in [-0.15, -0.1) is 24.0 Å². The maximum atomic E-state index is 12.6. The lowest BCUT2D eigenvalue weighted by molar-refractivity contribution is 0.0724. The first-order valence-corrected chi connectivity index (χ1v) is 10.3. The number of aromatic nitrogens is 1. The Hall–Kier alpha value is -2.03. The van der Waals surface area contributed by atoms with E-state index in [0.29, 0.717) is 6.54 Å². The summed E-state index contributed by atoms with van der Waals surface area (Å²) in [7, 11) is 0. The third-order valence-electron chi connectivity index (χ3n) is 4.94. The summed E-state index contributed by atoms with van der Waals surface area (Å²) in [5, 5.41) is 6.63. The molecule has 6 nitrogen and oxygen atoms in total. The third-order valence-corrected chi connectivity index (χ3v) is 4.94. The number of hydrogen-bond donors (Lipinski definition) is 2. The minimum atomic E-state index is 0. The van der Waals surface area contributed by atoms with Crippen LogP contribution < -0.4 is 10.6 Å². The number of aliphatic imine (C=N–C) groups is 1. The minimum Gasteiger partial charge on any atom is -0.357 e. The fourth-order valence-electron chi connectivity index (χ4n) is 3.37. The summed E-state index contributed by atoms with van der Waals surface area (Å²) < 4.78 is 2.13. The van der Waals surface area contributed by atoms with Crippen LogP contribution in [0.4, 0.5) is 0 Å². The molecule has 158 valence electrons. The molecule has 1 aliphatic heterocycles. The number of rotatable bonds is 7. The highest BCUT2D eigenvalue weighted by Gasteiger charge is 2.17. The number of nitrogens with zero attached hydrogens (tertiary/aromatic N) is 3. The molecule has 0 aliphatic carbocycles. The van der Waals surface area contributed by atoms with Crippen molar-refractivity contribution in [3.8, 4) is 0 Å². The molecule has 0 spiro atoms. The van der Waals surface area contributed by atoms with Gasteiger partial charge in [0, 0.05) is 50.7 Å². The van der Waals surface area contributed by atoms with Crippen LogP contribution in [0.1, 0.15) is 42.1 Å². The predicted molar refractivity (Wildman–Crippen MR) is 129 cm³/mol. The highest BCUT2D eigenvalue weighted by atomic mass is 127. The van der Waals surface area contributed by atoms with E-state index in [4.69, 9.17) is 0 Å². The normalized spacial score (nSPS) is 14.2. The Morgan fingerprint density at radius 2 is 1.72 bits per heavy atom. The lowest BCUT2D eigenvalue weighted by atomic mass is 10.1. The Bertz CT molecular complexity index is 752. The summed E-state index contributed by atoms with van der Waals surface area (Å²) in [5.41, 5.74) is 1.86. The zero-order chi connectivity index (χ0) is 19.6. The third kappa shape index (κ3) is 7.38. The number of carbonyl (C=O) groups is 1. The molecule has 0 atom stereocenters. The number of benzene rings is 1. The Morgan fingerprint density at radius 1 is 1.03 bits per heavy atom. The van der Waals surface area contributed by atoms with Gasteiger partial charge in [0.1, 0.15) is 0 Å². The molecule has 0 bridgehead atoms. The van der Waals surface area contributed by atoms with Crippen molar-refractivity contribution in [2.75, 3.05) is 26.2 Å². The molecule has 1 fully saturated rings.